The van der Waals surface area contributed by atoms with Crippen LogP contribution in [-0.4, -0.2) is 9.78 Å². The zero-order valence-corrected chi connectivity index (χ0v) is 11.2. The van der Waals surface area contributed by atoms with Gasteiger partial charge in [0.05, 0.1) is 4.88 Å². The summed E-state index contributed by atoms with van der Waals surface area (Å²) in [5, 5.41) is 4.50. The molecule has 1 atom stereocenters. The van der Waals surface area contributed by atoms with Crippen molar-refractivity contribution in [1.82, 2.24) is 9.78 Å². The van der Waals surface area contributed by atoms with E-state index in [1.807, 2.05) is 10.9 Å². The average molecular weight is 249 g/mol. The van der Waals surface area contributed by atoms with Crippen LogP contribution in [0.5, 0.6) is 0 Å². The van der Waals surface area contributed by atoms with Crippen LogP contribution in [-0.2, 0) is 6.54 Å². The van der Waals surface area contributed by atoms with E-state index in [4.69, 9.17) is 5.73 Å². The fourth-order valence-corrected chi connectivity index (χ4v) is 2.82. The van der Waals surface area contributed by atoms with Gasteiger partial charge in [-0.05, 0) is 31.5 Å². The average Bonchev–Trinajstić information content (AvgIpc) is 2.98. The minimum absolute atomic E-state index is 0.173. The first-order chi connectivity index (χ1) is 8.24. The second-order valence-corrected chi connectivity index (χ2v) is 5.27. The zero-order chi connectivity index (χ0) is 12.3. The van der Waals surface area contributed by atoms with Crippen LogP contribution in [0.4, 0.5) is 0 Å². The van der Waals surface area contributed by atoms with Gasteiger partial charge in [-0.15, -0.1) is 11.3 Å². The SMILES string of the molecule is CCCC(N)c1ccc(-c2ccn(CC)n2)s1. The molecule has 0 aliphatic rings. The zero-order valence-electron chi connectivity index (χ0n) is 10.4. The molecule has 2 aromatic heterocycles. The maximum atomic E-state index is 6.11. The van der Waals surface area contributed by atoms with E-state index in [1.54, 1.807) is 11.3 Å². The van der Waals surface area contributed by atoms with Crippen LogP contribution < -0.4 is 5.73 Å². The number of aromatic nitrogens is 2. The number of rotatable bonds is 5. The number of hydrogen-bond acceptors (Lipinski definition) is 3. The highest BCUT2D eigenvalue weighted by molar-refractivity contribution is 7.15. The first-order valence-electron chi connectivity index (χ1n) is 6.13. The first kappa shape index (κ1) is 12.3. The standard InChI is InChI=1S/C13H19N3S/c1-3-5-10(14)12-6-7-13(17-12)11-8-9-16(4-2)15-11/h6-10H,3-5,14H2,1-2H3. The molecule has 0 saturated carbocycles. The van der Waals surface area contributed by atoms with E-state index in [9.17, 15) is 0 Å². The quantitative estimate of drug-likeness (QED) is 0.882. The van der Waals surface area contributed by atoms with Gasteiger partial charge in [0, 0.05) is 23.7 Å². The van der Waals surface area contributed by atoms with E-state index in [-0.39, 0.29) is 6.04 Å². The number of nitrogens with zero attached hydrogens (tertiary/aromatic N) is 2. The smallest absolute Gasteiger partial charge is 0.102 e. The molecule has 2 rings (SSSR count). The lowest BCUT2D eigenvalue weighted by molar-refractivity contribution is 0.648. The van der Waals surface area contributed by atoms with Gasteiger partial charge in [-0.25, -0.2) is 0 Å². The molecule has 4 heteroatoms. The molecule has 0 radical (unpaired) electrons. The molecule has 0 amide bonds. The lowest BCUT2D eigenvalue weighted by Crippen LogP contribution is -2.07. The Balaban J connectivity index is 2.17. The fourth-order valence-electron chi connectivity index (χ4n) is 1.81. The second kappa shape index (κ2) is 5.47. The maximum Gasteiger partial charge on any atom is 0.102 e. The summed E-state index contributed by atoms with van der Waals surface area (Å²) in [6, 6.07) is 6.49. The molecule has 2 N–H and O–H groups in total. The Hall–Kier alpha value is -1.13. The summed E-state index contributed by atoms with van der Waals surface area (Å²) in [6.45, 7) is 5.17. The molecule has 0 spiro atoms. The Bertz CT molecular complexity index is 472. The predicted octanol–water partition coefficient (Wildman–Crippen LogP) is 3.43. The Morgan fingerprint density at radius 2 is 2.18 bits per heavy atom. The lowest BCUT2D eigenvalue weighted by atomic mass is 10.1. The Morgan fingerprint density at radius 1 is 1.35 bits per heavy atom. The van der Waals surface area contributed by atoms with E-state index in [2.05, 4.69) is 37.1 Å². The molecule has 0 aliphatic carbocycles. The van der Waals surface area contributed by atoms with Gasteiger partial charge >= 0.3 is 0 Å². The minimum Gasteiger partial charge on any atom is -0.323 e. The van der Waals surface area contributed by atoms with Gasteiger partial charge in [0.25, 0.3) is 0 Å². The van der Waals surface area contributed by atoms with Crippen molar-refractivity contribution in [3.63, 3.8) is 0 Å². The van der Waals surface area contributed by atoms with Crippen molar-refractivity contribution in [2.45, 2.75) is 39.3 Å². The van der Waals surface area contributed by atoms with Crippen molar-refractivity contribution in [2.24, 2.45) is 5.73 Å². The first-order valence-corrected chi connectivity index (χ1v) is 6.95. The van der Waals surface area contributed by atoms with Crippen molar-refractivity contribution in [1.29, 1.82) is 0 Å². The summed E-state index contributed by atoms with van der Waals surface area (Å²) >= 11 is 1.76. The summed E-state index contributed by atoms with van der Waals surface area (Å²) in [5.74, 6) is 0. The van der Waals surface area contributed by atoms with Crippen LogP contribution in [0.25, 0.3) is 10.6 Å². The molecule has 1 unspecified atom stereocenters. The number of aryl methyl sites for hydroxylation is 1. The van der Waals surface area contributed by atoms with Gasteiger partial charge in [0.2, 0.25) is 0 Å². The van der Waals surface area contributed by atoms with Gasteiger partial charge in [0.15, 0.2) is 0 Å². The van der Waals surface area contributed by atoms with Crippen molar-refractivity contribution < 1.29 is 0 Å². The second-order valence-electron chi connectivity index (χ2n) is 4.15. The van der Waals surface area contributed by atoms with Gasteiger partial charge in [0.1, 0.15) is 5.69 Å². The molecule has 0 aromatic carbocycles. The summed E-state index contributed by atoms with van der Waals surface area (Å²) in [7, 11) is 0. The predicted molar refractivity (Wildman–Crippen MR) is 73.1 cm³/mol. The summed E-state index contributed by atoms with van der Waals surface area (Å²) in [4.78, 5) is 2.46. The van der Waals surface area contributed by atoms with Crippen LogP contribution in [0, 0.1) is 0 Å². The van der Waals surface area contributed by atoms with Crippen molar-refractivity contribution in [2.75, 3.05) is 0 Å². The van der Waals surface area contributed by atoms with E-state index >= 15 is 0 Å². The fraction of sp³-hybridized carbons (Fsp3) is 0.462. The van der Waals surface area contributed by atoms with Gasteiger partial charge in [-0.2, -0.15) is 5.10 Å². The van der Waals surface area contributed by atoms with Crippen LogP contribution >= 0.6 is 11.3 Å². The molecule has 3 nitrogen and oxygen atoms in total. The Kier molecular flexibility index (Phi) is 3.97. The Morgan fingerprint density at radius 3 is 2.82 bits per heavy atom. The Labute approximate surface area is 106 Å². The molecule has 2 heterocycles. The lowest BCUT2D eigenvalue weighted by Gasteiger charge is -2.06. The van der Waals surface area contributed by atoms with E-state index in [0.717, 1.165) is 25.1 Å². The van der Waals surface area contributed by atoms with Crippen molar-refractivity contribution >= 4 is 11.3 Å². The third-order valence-electron chi connectivity index (χ3n) is 2.81. The van der Waals surface area contributed by atoms with Crippen LogP contribution in [0.2, 0.25) is 0 Å². The highest BCUT2D eigenvalue weighted by Crippen LogP contribution is 2.31. The molecular formula is C13H19N3S. The monoisotopic (exact) mass is 249 g/mol. The molecular weight excluding hydrogens is 230 g/mol. The molecule has 0 fully saturated rings. The van der Waals surface area contributed by atoms with Crippen LogP contribution in [0.3, 0.4) is 0 Å². The molecule has 17 heavy (non-hydrogen) atoms. The van der Waals surface area contributed by atoms with Gasteiger partial charge in [-0.1, -0.05) is 13.3 Å². The summed E-state index contributed by atoms with van der Waals surface area (Å²) < 4.78 is 1.95. The third-order valence-corrected chi connectivity index (χ3v) is 4.05. The summed E-state index contributed by atoms with van der Waals surface area (Å²) in [5.41, 5.74) is 7.16. The maximum absolute atomic E-state index is 6.11. The summed E-state index contributed by atoms with van der Waals surface area (Å²) in [6.07, 6.45) is 4.18. The molecule has 0 bridgehead atoms. The van der Waals surface area contributed by atoms with Crippen molar-refractivity contribution in [3.8, 4) is 10.6 Å². The van der Waals surface area contributed by atoms with Gasteiger partial charge in [-0.3, -0.25) is 4.68 Å². The van der Waals surface area contributed by atoms with E-state index < -0.39 is 0 Å². The topological polar surface area (TPSA) is 43.8 Å². The minimum atomic E-state index is 0.173. The number of thiophene rings is 1. The normalized spacial score (nSPS) is 12.9. The highest BCUT2D eigenvalue weighted by Gasteiger charge is 2.10. The molecule has 0 aliphatic heterocycles. The highest BCUT2D eigenvalue weighted by atomic mass is 32.1. The van der Waals surface area contributed by atoms with E-state index in [0.29, 0.717) is 0 Å². The molecule has 0 saturated heterocycles. The van der Waals surface area contributed by atoms with E-state index in [1.165, 1.54) is 9.75 Å². The third kappa shape index (κ3) is 2.76. The molecule has 92 valence electrons. The molecule has 2 aromatic rings. The largest absolute Gasteiger partial charge is 0.323 e. The number of hydrogen-bond donors (Lipinski definition) is 1. The van der Waals surface area contributed by atoms with Crippen molar-refractivity contribution in [3.05, 3.63) is 29.3 Å². The van der Waals surface area contributed by atoms with Crippen LogP contribution in [0.15, 0.2) is 24.4 Å². The van der Waals surface area contributed by atoms with Crippen LogP contribution in [0.1, 0.15) is 37.6 Å². The number of nitrogens with two attached hydrogens (primary N) is 1. The van der Waals surface area contributed by atoms with Gasteiger partial charge < -0.3 is 5.73 Å².